The maximum absolute atomic E-state index is 12.0. The molecule has 0 unspecified atom stereocenters. The van der Waals surface area contributed by atoms with Crippen molar-refractivity contribution < 1.29 is 37.9 Å². The number of carbonyl (C=O) groups excluding carboxylic acids is 2. The van der Waals surface area contributed by atoms with Crippen molar-refractivity contribution in [1.82, 2.24) is 0 Å². The number of ketones is 2. The summed E-state index contributed by atoms with van der Waals surface area (Å²) in [4.78, 5) is 22.2. The van der Waals surface area contributed by atoms with Crippen LogP contribution in [0.15, 0.2) is 48.5 Å². The summed E-state index contributed by atoms with van der Waals surface area (Å²) in [6.45, 7) is 6.47. The van der Waals surface area contributed by atoms with Gasteiger partial charge in [-0.25, -0.2) is 8.78 Å². The number of carbonyl (C=O) groups is 2. The Hall–Kier alpha value is -1.02. The third-order valence-electron chi connectivity index (χ3n) is 5.48. The molecule has 1 aliphatic rings. The molecule has 1 fully saturated rings. The second-order valence-corrected chi connectivity index (χ2v) is 11.5. The lowest BCUT2D eigenvalue weighted by molar-refractivity contribution is 0.00578. The molecule has 0 radical (unpaired) electrons. The van der Waals surface area contributed by atoms with Crippen LogP contribution in [0.25, 0.3) is 0 Å². The van der Waals surface area contributed by atoms with Crippen LogP contribution in [0, 0.1) is 0 Å². The molecule has 6 nitrogen and oxygen atoms in total. The molecule has 3 rings (SSSR count). The Kier molecular flexibility index (Phi) is 17.8. The van der Waals surface area contributed by atoms with Crippen LogP contribution in [-0.2, 0) is 16.0 Å². The summed E-state index contributed by atoms with van der Waals surface area (Å²) < 4.78 is 34.9. The van der Waals surface area contributed by atoms with Crippen LogP contribution in [0.2, 0.25) is 0 Å². The third-order valence-corrected chi connectivity index (χ3v) is 5.48. The van der Waals surface area contributed by atoms with Gasteiger partial charge in [0.15, 0.2) is 11.6 Å². The first-order chi connectivity index (χ1) is 17.4. The molecule has 0 spiro atoms. The second kappa shape index (κ2) is 18.3. The van der Waals surface area contributed by atoms with E-state index in [2.05, 4.69) is 47.8 Å². The van der Waals surface area contributed by atoms with Crippen LogP contribution in [0.3, 0.4) is 0 Å². The van der Waals surface area contributed by atoms with Crippen molar-refractivity contribution in [3.05, 3.63) is 65.2 Å². The maximum Gasteiger partial charge on any atom is 0.494 e. The molecule has 0 bridgehead atoms. The number of benzene rings is 2. The van der Waals surface area contributed by atoms with Crippen molar-refractivity contribution in [3.63, 3.8) is 0 Å². The summed E-state index contributed by atoms with van der Waals surface area (Å²) in [5.41, 5.74) is 1.11. The first-order valence-electron chi connectivity index (χ1n) is 11.0. The lowest BCUT2D eigenvalue weighted by Gasteiger charge is -2.32. The van der Waals surface area contributed by atoms with Gasteiger partial charge in [0.05, 0.1) is 15.4 Å². The van der Waals surface area contributed by atoms with Gasteiger partial charge < -0.3 is 19.5 Å². The zero-order valence-corrected chi connectivity index (χ0v) is 25.9. The molecule has 0 saturated carbocycles. The van der Waals surface area contributed by atoms with Crippen molar-refractivity contribution in [2.75, 3.05) is 23.0 Å². The van der Waals surface area contributed by atoms with Crippen molar-refractivity contribution in [2.24, 2.45) is 0 Å². The van der Waals surface area contributed by atoms with Crippen LogP contribution < -0.4 is 5.46 Å². The summed E-state index contributed by atoms with van der Waals surface area (Å²) in [7, 11) is -0.428. The van der Waals surface area contributed by atoms with Crippen LogP contribution >= 0.6 is 47.8 Å². The smallest absolute Gasteiger partial charge is 0.399 e. The van der Waals surface area contributed by atoms with Gasteiger partial charge in [0.25, 0.3) is 0 Å². The molecule has 12 heteroatoms. The number of Topliss-reactive ketones (excluding diaryl/α,β-unsaturated/α-hetero) is 2. The maximum atomic E-state index is 12.0. The van der Waals surface area contributed by atoms with Gasteiger partial charge in [-0.2, -0.15) is 0 Å². The Morgan fingerprint density at radius 2 is 1.11 bits per heavy atom. The normalized spacial score (nSPS) is 14.7. The second-order valence-electron chi connectivity index (χ2n) is 8.41. The highest BCUT2D eigenvalue weighted by Gasteiger charge is 2.51. The number of hydrogen-bond donors (Lipinski definition) is 2. The van der Waals surface area contributed by atoms with E-state index in [0.29, 0.717) is 16.7 Å². The predicted molar refractivity (Wildman–Crippen MR) is 154 cm³/mol. The van der Waals surface area contributed by atoms with Gasteiger partial charge in [-0.15, -0.1) is 0 Å². The molecule has 0 atom stereocenters. The van der Waals surface area contributed by atoms with Crippen LogP contribution in [-0.4, -0.2) is 63.1 Å². The van der Waals surface area contributed by atoms with E-state index in [-0.39, 0.29) is 22.8 Å². The van der Waals surface area contributed by atoms with Gasteiger partial charge in [0.1, 0.15) is 25.5 Å². The lowest BCUT2D eigenvalue weighted by atomic mass is 9.79. The molecule has 1 saturated heterocycles. The Bertz CT molecular complexity index is 926. The highest BCUT2D eigenvalue weighted by molar-refractivity contribution is 9.24. The van der Waals surface area contributed by atoms with E-state index in [4.69, 9.17) is 19.5 Å². The monoisotopic (exact) mass is 712 g/mol. The van der Waals surface area contributed by atoms with E-state index in [9.17, 15) is 18.4 Å². The molecule has 37 heavy (non-hydrogen) atoms. The van der Waals surface area contributed by atoms with Crippen LogP contribution in [0.4, 0.5) is 8.78 Å². The van der Waals surface area contributed by atoms with Gasteiger partial charge in [-0.1, -0.05) is 96.3 Å². The zero-order valence-electron chi connectivity index (χ0n) is 21.1. The molecule has 0 aliphatic carbocycles. The van der Waals surface area contributed by atoms with Crippen LogP contribution in [0.5, 0.6) is 0 Å². The van der Waals surface area contributed by atoms with Crippen molar-refractivity contribution >= 4 is 71.9 Å². The first kappa shape index (κ1) is 36.0. The highest BCUT2D eigenvalue weighted by Crippen LogP contribution is 2.36. The fourth-order valence-electron chi connectivity index (χ4n) is 2.77. The summed E-state index contributed by atoms with van der Waals surface area (Å²) in [6, 6.07) is 13.0. The fraction of sp³-hybridized carbons (Fsp3) is 0.440. The minimum absolute atomic E-state index is 0.291. The van der Waals surface area contributed by atoms with E-state index in [1.807, 2.05) is 27.7 Å². The SMILES string of the molecule is BrCBr.CC1(C)OB(c2ccc(C(=O)CO)cc2)OC1(C)C.O=C(CO)c1ccc(C[18F])cc1.[18F]CBr. The van der Waals surface area contributed by atoms with Crippen molar-refractivity contribution in [1.29, 1.82) is 0 Å². The Labute approximate surface area is 242 Å². The average molecular weight is 715 g/mol. The first-order valence-corrected chi connectivity index (χ1v) is 14.4. The number of aliphatic hydroxyl groups is 2. The quantitative estimate of drug-likeness (QED) is 0.232. The highest BCUT2D eigenvalue weighted by atomic mass is 79.9. The summed E-state index contributed by atoms with van der Waals surface area (Å²) >= 11 is 8.60. The molecule has 0 amide bonds. The van der Waals surface area contributed by atoms with Gasteiger partial charge in [0.2, 0.25) is 0 Å². The van der Waals surface area contributed by atoms with E-state index >= 15 is 0 Å². The number of aliphatic hydroxyl groups excluding tert-OH is 2. The van der Waals surface area contributed by atoms with Crippen LogP contribution in [0.1, 0.15) is 54.0 Å². The summed E-state index contributed by atoms with van der Waals surface area (Å²) in [6.07, 6.45) is 0. The number of rotatable bonds is 6. The summed E-state index contributed by atoms with van der Waals surface area (Å²) in [5.74, 6) is -0.638. The molecule has 2 N–H and O–H groups in total. The molecular weight excluding hydrogens is 683 g/mol. The predicted octanol–water partition coefficient (Wildman–Crippen LogP) is 5.53. The van der Waals surface area contributed by atoms with Crippen molar-refractivity contribution in [2.45, 2.75) is 45.6 Å². The van der Waals surface area contributed by atoms with Gasteiger partial charge in [-0.05, 0) is 38.7 Å². The fourth-order valence-corrected chi connectivity index (χ4v) is 2.77. The molecule has 2 aromatic carbocycles. The van der Waals surface area contributed by atoms with E-state index < -0.39 is 32.6 Å². The largest absolute Gasteiger partial charge is 0.494 e. The van der Waals surface area contributed by atoms with E-state index in [0.717, 1.165) is 9.70 Å². The zero-order chi connectivity index (χ0) is 28.6. The minimum atomic E-state index is -0.534. The minimum Gasteiger partial charge on any atom is -0.399 e. The van der Waals surface area contributed by atoms with Gasteiger partial charge >= 0.3 is 7.12 Å². The van der Waals surface area contributed by atoms with Gasteiger partial charge in [-0.3, -0.25) is 9.59 Å². The Morgan fingerprint density at radius 3 is 1.41 bits per heavy atom. The van der Waals surface area contributed by atoms with Gasteiger partial charge in [0, 0.05) is 11.1 Å². The van der Waals surface area contributed by atoms with E-state index in [1.54, 1.807) is 24.3 Å². The molecule has 1 heterocycles. The molecule has 2 aromatic rings. The number of halogens is 5. The Morgan fingerprint density at radius 1 is 0.784 bits per heavy atom. The molecular formula is C25H32BBr3F2O6. The number of alkyl halides is 5. The average Bonchev–Trinajstić information content (AvgIpc) is 3.11. The third kappa shape index (κ3) is 12.1. The van der Waals surface area contributed by atoms with E-state index in [1.165, 1.54) is 24.3 Å². The topological polar surface area (TPSA) is 93.1 Å². The Balaban J connectivity index is 0.000000615. The molecule has 0 aromatic heterocycles. The van der Waals surface area contributed by atoms with Crippen molar-refractivity contribution in [3.8, 4) is 0 Å². The standard InChI is InChI=1S/C14H19BO4.C9H9FO2.CH2Br2.CH2BrF/c1-13(2)14(3,4)19-15(18-13)11-7-5-10(6-8-11)12(17)9-16;10-5-7-1-3-8(4-2-7)9(12)6-11;2*2-1-3/h5-8,16H,9H2,1-4H3;1-4,11H,5-6H2;2*1H2/i;10-1;;3-1. The molecule has 206 valence electrons. The summed E-state index contributed by atoms with van der Waals surface area (Å²) in [5, 5.41) is 17.3. The molecule has 1 aliphatic heterocycles. The lowest BCUT2D eigenvalue weighted by Crippen LogP contribution is -2.41. The number of hydrogen-bond acceptors (Lipinski definition) is 6.